The molecule has 94 valence electrons. The third kappa shape index (κ3) is 3.29. The van der Waals surface area contributed by atoms with Crippen molar-refractivity contribution in [1.82, 2.24) is 4.98 Å². The summed E-state index contributed by atoms with van der Waals surface area (Å²) in [5.41, 5.74) is 3.04. The number of rotatable bonds is 4. The molecule has 0 saturated heterocycles. The van der Waals surface area contributed by atoms with Crippen LogP contribution in [0.2, 0.25) is 0 Å². The van der Waals surface area contributed by atoms with Crippen LogP contribution in [0, 0.1) is 12.7 Å². The minimum absolute atomic E-state index is 0.231. The van der Waals surface area contributed by atoms with Crippen molar-refractivity contribution >= 4 is 21.6 Å². The maximum absolute atomic E-state index is 13.3. The molecule has 1 heterocycles. The molecule has 1 aromatic heterocycles. The average molecular weight is 309 g/mol. The molecular formula is C14H14BrFN2. The Kier molecular flexibility index (Phi) is 4.31. The van der Waals surface area contributed by atoms with Crippen molar-refractivity contribution in [3.63, 3.8) is 0 Å². The molecule has 1 aromatic carbocycles. The Morgan fingerprint density at radius 1 is 1.39 bits per heavy atom. The van der Waals surface area contributed by atoms with E-state index in [0.717, 1.165) is 24.2 Å². The van der Waals surface area contributed by atoms with E-state index in [2.05, 4.69) is 26.2 Å². The van der Waals surface area contributed by atoms with E-state index in [9.17, 15) is 4.39 Å². The predicted octanol–water partition coefficient (Wildman–Crippen LogP) is 3.95. The van der Waals surface area contributed by atoms with Crippen molar-refractivity contribution in [1.29, 1.82) is 0 Å². The zero-order valence-corrected chi connectivity index (χ0v) is 11.7. The Bertz CT molecular complexity index is 529. The maximum Gasteiger partial charge on any atom is 0.137 e. The fourth-order valence-electron chi connectivity index (χ4n) is 1.72. The highest BCUT2D eigenvalue weighted by molar-refractivity contribution is 9.10. The third-order valence-corrected chi connectivity index (χ3v) is 3.33. The molecule has 2 rings (SSSR count). The smallest absolute Gasteiger partial charge is 0.137 e. The van der Waals surface area contributed by atoms with Gasteiger partial charge in [0, 0.05) is 24.6 Å². The van der Waals surface area contributed by atoms with Crippen LogP contribution in [0.1, 0.15) is 11.1 Å². The van der Waals surface area contributed by atoms with Gasteiger partial charge in [-0.25, -0.2) is 4.39 Å². The van der Waals surface area contributed by atoms with E-state index in [1.165, 1.54) is 11.6 Å². The summed E-state index contributed by atoms with van der Waals surface area (Å²) >= 11 is 3.19. The van der Waals surface area contributed by atoms with Gasteiger partial charge in [-0.05, 0) is 58.6 Å². The summed E-state index contributed by atoms with van der Waals surface area (Å²) in [5.74, 6) is -0.231. The van der Waals surface area contributed by atoms with Crippen LogP contribution >= 0.6 is 15.9 Å². The fraction of sp³-hybridized carbons (Fsp3) is 0.214. The van der Waals surface area contributed by atoms with Gasteiger partial charge in [-0.3, -0.25) is 4.98 Å². The molecule has 0 fully saturated rings. The zero-order valence-electron chi connectivity index (χ0n) is 10.1. The second-order valence-electron chi connectivity index (χ2n) is 4.12. The van der Waals surface area contributed by atoms with Crippen LogP contribution in [0.25, 0.3) is 0 Å². The van der Waals surface area contributed by atoms with Crippen LogP contribution < -0.4 is 5.32 Å². The SMILES string of the molecule is Cc1cc(F)c(Br)cc1NCCc1cccnc1. The van der Waals surface area contributed by atoms with Crippen LogP contribution in [-0.2, 0) is 6.42 Å². The van der Waals surface area contributed by atoms with Gasteiger partial charge < -0.3 is 5.32 Å². The van der Waals surface area contributed by atoms with Crippen molar-refractivity contribution in [3.8, 4) is 0 Å². The van der Waals surface area contributed by atoms with Crippen molar-refractivity contribution in [2.45, 2.75) is 13.3 Å². The number of aryl methyl sites for hydroxylation is 1. The summed E-state index contributed by atoms with van der Waals surface area (Å²) in [7, 11) is 0. The van der Waals surface area contributed by atoms with Crippen molar-refractivity contribution in [3.05, 3.63) is 58.1 Å². The summed E-state index contributed by atoms with van der Waals surface area (Å²) in [6.45, 7) is 2.69. The van der Waals surface area contributed by atoms with Gasteiger partial charge in [0.2, 0.25) is 0 Å². The Labute approximate surface area is 114 Å². The number of benzene rings is 1. The Morgan fingerprint density at radius 2 is 2.22 bits per heavy atom. The Hall–Kier alpha value is -1.42. The largest absolute Gasteiger partial charge is 0.384 e. The quantitative estimate of drug-likeness (QED) is 0.925. The van der Waals surface area contributed by atoms with E-state index in [0.29, 0.717) is 4.47 Å². The average Bonchev–Trinajstić information content (AvgIpc) is 2.37. The highest BCUT2D eigenvalue weighted by Gasteiger charge is 2.04. The zero-order chi connectivity index (χ0) is 13.0. The molecule has 0 unspecified atom stereocenters. The molecule has 4 heteroatoms. The van der Waals surface area contributed by atoms with Crippen molar-refractivity contribution in [2.75, 3.05) is 11.9 Å². The Morgan fingerprint density at radius 3 is 2.94 bits per heavy atom. The minimum atomic E-state index is -0.231. The number of nitrogens with zero attached hydrogens (tertiary/aromatic N) is 1. The normalized spacial score (nSPS) is 10.4. The molecule has 0 radical (unpaired) electrons. The molecule has 0 aliphatic rings. The van der Waals surface area contributed by atoms with E-state index < -0.39 is 0 Å². The van der Waals surface area contributed by atoms with Gasteiger partial charge in [-0.15, -0.1) is 0 Å². The van der Waals surface area contributed by atoms with Gasteiger partial charge in [0.25, 0.3) is 0 Å². The highest BCUT2D eigenvalue weighted by Crippen LogP contribution is 2.24. The number of hydrogen-bond acceptors (Lipinski definition) is 2. The molecule has 0 aliphatic carbocycles. The second kappa shape index (κ2) is 5.96. The first-order valence-electron chi connectivity index (χ1n) is 5.75. The van der Waals surface area contributed by atoms with E-state index in [1.807, 2.05) is 25.3 Å². The number of anilines is 1. The molecular weight excluding hydrogens is 295 g/mol. The van der Waals surface area contributed by atoms with Crippen LogP contribution in [0.4, 0.5) is 10.1 Å². The molecule has 18 heavy (non-hydrogen) atoms. The Balaban J connectivity index is 1.97. The number of nitrogens with one attached hydrogen (secondary N) is 1. The lowest BCUT2D eigenvalue weighted by atomic mass is 10.1. The lowest BCUT2D eigenvalue weighted by molar-refractivity contribution is 0.620. The van der Waals surface area contributed by atoms with Gasteiger partial charge in [-0.1, -0.05) is 6.07 Å². The summed E-state index contributed by atoms with van der Waals surface area (Å²) in [6.07, 6.45) is 4.51. The summed E-state index contributed by atoms with van der Waals surface area (Å²) in [6, 6.07) is 7.27. The van der Waals surface area contributed by atoms with E-state index in [1.54, 1.807) is 12.3 Å². The molecule has 2 aromatic rings. The van der Waals surface area contributed by atoms with Gasteiger partial charge in [0.05, 0.1) is 4.47 Å². The van der Waals surface area contributed by atoms with Crippen molar-refractivity contribution in [2.24, 2.45) is 0 Å². The number of aromatic nitrogens is 1. The second-order valence-corrected chi connectivity index (χ2v) is 4.97. The topological polar surface area (TPSA) is 24.9 Å². The minimum Gasteiger partial charge on any atom is -0.384 e. The molecule has 2 nitrogen and oxygen atoms in total. The molecule has 1 N–H and O–H groups in total. The molecule has 0 bridgehead atoms. The summed E-state index contributed by atoms with van der Waals surface area (Å²) in [5, 5.41) is 3.31. The maximum atomic E-state index is 13.3. The van der Waals surface area contributed by atoms with Crippen LogP contribution in [0.5, 0.6) is 0 Å². The number of hydrogen-bond donors (Lipinski definition) is 1. The van der Waals surface area contributed by atoms with Gasteiger partial charge in [-0.2, -0.15) is 0 Å². The molecule has 0 spiro atoms. The van der Waals surface area contributed by atoms with Gasteiger partial charge in [0.1, 0.15) is 5.82 Å². The summed E-state index contributed by atoms with van der Waals surface area (Å²) < 4.78 is 13.7. The lowest BCUT2D eigenvalue weighted by Gasteiger charge is -2.10. The van der Waals surface area contributed by atoms with Crippen LogP contribution in [-0.4, -0.2) is 11.5 Å². The van der Waals surface area contributed by atoms with Gasteiger partial charge >= 0.3 is 0 Å². The molecule has 0 amide bonds. The monoisotopic (exact) mass is 308 g/mol. The van der Waals surface area contributed by atoms with Crippen LogP contribution in [0.3, 0.4) is 0 Å². The molecule has 0 atom stereocenters. The van der Waals surface area contributed by atoms with E-state index >= 15 is 0 Å². The lowest BCUT2D eigenvalue weighted by Crippen LogP contribution is -2.06. The van der Waals surface area contributed by atoms with E-state index in [4.69, 9.17) is 0 Å². The number of pyridine rings is 1. The van der Waals surface area contributed by atoms with E-state index in [-0.39, 0.29) is 5.82 Å². The fourth-order valence-corrected chi connectivity index (χ4v) is 2.07. The third-order valence-electron chi connectivity index (χ3n) is 2.72. The molecule has 0 aliphatic heterocycles. The first kappa shape index (κ1) is 13.0. The van der Waals surface area contributed by atoms with Crippen LogP contribution in [0.15, 0.2) is 41.1 Å². The van der Waals surface area contributed by atoms with Gasteiger partial charge in [0.15, 0.2) is 0 Å². The summed E-state index contributed by atoms with van der Waals surface area (Å²) in [4.78, 5) is 4.07. The highest BCUT2D eigenvalue weighted by atomic mass is 79.9. The van der Waals surface area contributed by atoms with Crippen molar-refractivity contribution < 1.29 is 4.39 Å². The predicted molar refractivity (Wildman–Crippen MR) is 75.3 cm³/mol. The standard InChI is InChI=1S/C14H14BrFN2/c1-10-7-13(16)12(15)8-14(10)18-6-4-11-3-2-5-17-9-11/h2-3,5,7-9,18H,4,6H2,1H3. The molecule has 0 saturated carbocycles. The first-order valence-corrected chi connectivity index (χ1v) is 6.54. The number of halogens is 2. The first-order chi connectivity index (χ1) is 8.66.